The Kier molecular flexibility index (Phi) is 12.1. The lowest BCUT2D eigenvalue weighted by Crippen LogP contribution is -2.62. The average molecular weight is 747 g/mol. The molecular formula is C41H58N6O7. The van der Waals surface area contributed by atoms with E-state index in [0.29, 0.717) is 17.8 Å². The van der Waals surface area contributed by atoms with Gasteiger partial charge < -0.3 is 31.1 Å². The molecule has 1 heterocycles. The molecule has 13 nitrogen and oxygen atoms in total. The SMILES string of the molecule is C#CCCC(NC(=O)[C@@H]1[C@@H]2[C@H](CN1C(=O)[C@@H](NC(=O)N[C@H](CN(C)c1c(C3CC3)c(=O)c1=O)C(C)(C)C)C1CCCCC1)C2(C)C)C(=O)C(=O)NCC=C. The van der Waals surface area contributed by atoms with Gasteiger partial charge in [0.25, 0.3) is 5.91 Å². The number of Topliss-reactive ketones (excluding diaryl/α,β-unsaturated/α-hetero) is 1. The standard InChI is InChI=1S/C41H58N6O7/c1-9-11-17-26(33(48)37(52)42-20-10-2)43-36(51)32-29-25(41(29,6)7)21-47(32)38(53)30(24-15-13-12-14-16-24)45-39(54)44-27(40(3,4)5)22-46(8)31-28(23-18-19-23)34(49)35(31)50/h1,10,23-27,29-30,32H,2,11-22H2,3-8H3,(H,42,52)(H,43,51)(H2,44,45,54)/t25-,26?,27+,29-,30-,32-/m0/s1. The summed E-state index contributed by atoms with van der Waals surface area (Å²) in [4.78, 5) is 96.8. The molecule has 13 heteroatoms. The summed E-state index contributed by atoms with van der Waals surface area (Å²) in [5.74, 6) is -0.239. The van der Waals surface area contributed by atoms with Crippen molar-refractivity contribution in [2.45, 2.75) is 122 Å². The number of rotatable bonds is 16. The third-order valence-electron chi connectivity index (χ3n) is 12.4. The van der Waals surface area contributed by atoms with Crippen LogP contribution in [0.2, 0.25) is 0 Å². The molecule has 1 aromatic rings. The predicted molar refractivity (Wildman–Crippen MR) is 206 cm³/mol. The van der Waals surface area contributed by atoms with Crippen molar-refractivity contribution in [1.29, 1.82) is 0 Å². The number of fused-ring (bicyclic) bond motifs is 1. The first-order chi connectivity index (χ1) is 25.4. The second kappa shape index (κ2) is 16.1. The first kappa shape index (κ1) is 40.7. The van der Waals surface area contributed by atoms with Gasteiger partial charge in [-0.2, -0.15) is 0 Å². The lowest BCUT2D eigenvalue weighted by Gasteiger charge is -2.39. The van der Waals surface area contributed by atoms with Crippen molar-refractivity contribution in [2.24, 2.45) is 28.6 Å². The molecular weight excluding hydrogens is 688 g/mol. The van der Waals surface area contributed by atoms with Crippen LogP contribution >= 0.6 is 0 Å². The van der Waals surface area contributed by atoms with Crippen LogP contribution < -0.4 is 37.0 Å². The van der Waals surface area contributed by atoms with Gasteiger partial charge >= 0.3 is 6.03 Å². The van der Waals surface area contributed by atoms with E-state index in [1.165, 1.54) is 6.08 Å². The van der Waals surface area contributed by atoms with Gasteiger partial charge in [0.2, 0.25) is 28.5 Å². The Bertz CT molecular complexity index is 1750. The van der Waals surface area contributed by atoms with Gasteiger partial charge in [0.05, 0.1) is 17.8 Å². The number of carbonyl (C=O) groups is 5. The largest absolute Gasteiger partial charge is 0.369 e. The number of nitrogens with one attached hydrogen (secondary N) is 4. The molecule has 3 saturated carbocycles. The maximum atomic E-state index is 14.7. The van der Waals surface area contributed by atoms with Gasteiger partial charge in [-0.05, 0) is 66.6 Å². The van der Waals surface area contributed by atoms with Crippen molar-refractivity contribution in [2.75, 3.05) is 31.6 Å². The lowest BCUT2D eigenvalue weighted by atomic mass is 9.83. The molecule has 0 radical (unpaired) electrons. The molecule has 5 amide bonds. The lowest BCUT2D eigenvalue weighted by molar-refractivity contribution is -0.144. The van der Waals surface area contributed by atoms with E-state index in [1.54, 1.807) is 16.8 Å². The minimum absolute atomic E-state index is 0.0468. The van der Waals surface area contributed by atoms with E-state index in [0.717, 1.165) is 44.9 Å². The van der Waals surface area contributed by atoms with Crippen molar-refractivity contribution >= 4 is 35.2 Å². The molecule has 0 spiro atoms. The van der Waals surface area contributed by atoms with Crippen molar-refractivity contribution in [1.82, 2.24) is 26.2 Å². The zero-order valence-corrected chi connectivity index (χ0v) is 32.7. The van der Waals surface area contributed by atoms with Gasteiger partial charge in [-0.15, -0.1) is 18.9 Å². The summed E-state index contributed by atoms with van der Waals surface area (Å²) < 4.78 is 0. The fraction of sp³-hybridized carbons (Fsp3) is 0.683. The number of likely N-dealkylation sites (N-methyl/N-ethyl adjacent to an activating group) is 1. The molecule has 4 aliphatic rings. The number of ketones is 1. The number of urea groups is 1. The highest BCUT2D eigenvalue weighted by molar-refractivity contribution is 6.38. The highest BCUT2D eigenvalue weighted by Gasteiger charge is 2.69. The molecule has 3 aliphatic carbocycles. The third-order valence-corrected chi connectivity index (χ3v) is 12.4. The molecule has 0 bridgehead atoms. The maximum Gasteiger partial charge on any atom is 0.315 e. The highest BCUT2D eigenvalue weighted by atomic mass is 16.2. The highest BCUT2D eigenvalue weighted by Crippen LogP contribution is 2.65. The van der Waals surface area contributed by atoms with E-state index < -0.39 is 64.1 Å². The number of carbonyl (C=O) groups excluding carboxylic acids is 5. The number of nitrogens with zero attached hydrogens (tertiary/aromatic N) is 2. The number of anilines is 1. The van der Waals surface area contributed by atoms with E-state index in [2.05, 4.69) is 47.6 Å². The minimum Gasteiger partial charge on any atom is -0.369 e. The van der Waals surface area contributed by atoms with Gasteiger partial charge in [0.1, 0.15) is 12.1 Å². The van der Waals surface area contributed by atoms with Crippen molar-refractivity contribution < 1.29 is 24.0 Å². The molecule has 5 rings (SSSR count). The molecule has 6 atom stereocenters. The van der Waals surface area contributed by atoms with Crippen LogP contribution in [-0.2, 0) is 19.2 Å². The Morgan fingerprint density at radius 2 is 1.69 bits per heavy atom. The summed E-state index contributed by atoms with van der Waals surface area (Å²) in [6.45, 7) is 14.3. The van der Waals surface area contributed by atoms with E-state index in [1.807, 2.05) is 20.8 Å². The van der Waals surface area contributed by atoms with Crippen LogP contribution in [0.25, 0.3) is 0 Å². The summed E-state index contributed by atoms with van der Waals surface area (Å²) >= 11 is 0. The Labute approximate surface area is 318 Å². The molecule has 294 valence electrons. The van der Waals surface area contributed by atoms with Crippen LogP contribution in [0.3, 0.4) is 0 Å². The first-order valence-corrected chi connectivity index (χ1v) is 19.5. The third kappa shape index (κ3) is 8.42. The second-order valence-electron chi connectivity index (χ2n) is 17.5. The summed E-state index contributed by atoms with van der Waals surface area (Å²) in [7, 11) is 1.76. The fourth-order valence-electron chi connectivity index (χ4n) is 8.77. The number of hydrogen-bond acceptors (Lipinski definition) is 8. The van der Waals surface area contributed by atoms with Crippen molar-refractivity contribution in [3.05, 3.63) is 38.7 Å². The molecule has 1 aromatic carbocycles. The van der Waals surface area contributed by atoms with E-state index >= 15 is 0 Å². The zero-order chi connectivity index (χ0) is 39.7. The van der Waals surface area contributed by atoms with Crippen LogP contribution in [0, 0.1) is 40.9 Å². The Balaban J connectivity index is 1.35. The predicted octanol–water partition coefficient (Wildman–Crippen LogP) is 2.51. The van der Waals surface area contributed by atoms with Crippen molar-refractivity contribution in [3.63, 3.8) is 0 Å². The summed E-state index contributed by atoms with van der Waals surface area (Å²) in [5.41, 5.74) is -0.562. The first-order valence-electron chi connectivity index (χ1n) is 19.5. The smallest absolute Gasteiger partial charge is 0.315 e. The van der Waals surface area contributed by atoms with Crippen LogP contribution in [0.5, 0.6) is 0 Å². The average Bonchev–Trinajstić information content (AvgIpc) is 4.00. The quantitative estimate of drug-likeness (QED) is 0.114. The number of piperidine rings is 1. The van der Waals surface area contributed by atoms with Crippen molar-refractivity contribution in [3.8, 4) is 12.3 Å². The van der Waals surface area contributed by atoms with Crippen LogP contribution in [-0.4, -0.2) is 85.3 Å². The fourth-order valence-corrected chi connectivity index (χ4v) is 8.77. The summed E-state index contributed by atoms with van der Waals surface area (Å²) in [6, 6.07) is -3.97. The van der Waals surface area contributed by atoms with Crippen LogP contribution in [0.4, 0.5) is 10.5 Å². The number of amides is 5. The Hall–Kier alpha value is -4.47. The minimum atomic E-state index is -1.17. The molecule has 0 aromatic heterocycles. The summed E-state index contributed by atoms with van der Waals surface area (Å²) in [5, 5.41) is 11.3. The second-order valence-corrected chi connectivity index (χ2v) is 17.5. The van der Waals surface area contributed by atoms with Crippen LogP contribution in [0.15, 0.2) is 22.2 Å². The Morgan fingerprint density at radius 3 is 2.28 bits per heavy atom. The number of terminal acetylenes is 1. The van der Waals surface area contributed by atoms with Gasteiger partial charge in [0, 0.05) is 38.7 Å². The van der Waals surface area contributed by atoms with E-state index in [9.17, 15) is 33.6 Å². The van der Waals surface area contributed by atoms with Gasteiger partial charge in [0.15, 0.2) is 0 Å². The number of hydrogen-bond donors (Lipinski definition) is 4. The molecule has 1 aliphatic heterocycles. The maximum absolute atomic E-state index is 14.7. The van der Waals surface area contributed by atoms with E-state index in [-0.39, 0.29) is 60.9 Å². The zero-order valence-electron chi connectivity index (χ0n) is 32.7. The summed E-state index contributed by atoms with van der Waals surface area (Å²) in [6.07, 6.45) is 13.2. The normalized spacial score (nSPS) is 23.6. The van der Waals surface area contributed by atoms with Crippen LogP contribution in [0.1, 0.15) is 104 Å². The molecule has 54 heavy (non-hydrogen) atoms. The van der Waals surface area contributed by atoms with E-state index in [4.69, 9.17) is 6.42 Å². The van der Waals surface area contributed by atoms with Gasteiger partial charge in [-0.1, -0.05) is 60.0 Å². The molecule has 1 saturated heterocycles. The molecule has 4 N–H and O–H groups in total. The monoisotopic (exact) mass is 746 g/mol. The topological polar surface area (TPSA) is 174 Å². The molecule has 1 unspecified atom stereocenters. The van der Waals surface area contributed by atoms with Gasteiger partial charge in [-0.25, -0.2) is 4.79 Å². The molecule has 4 fully saturated rings. The van der Waals surface area contributed by atoms with Gasteiger partial charge in [-0.3, -0.25) is 28.8 Å². The Morgan fingerprint density at radius 1 is 1.02 bits per heavy atom. The number of likely N-dealkylation sites (tertiary alicyclic amines) is 1.